The first kappa shape index (κ1) is 11.0. The summed E-state index contributed by atoms with van der Waals surface area (Å²) in [6.45, 7) is 2.67. The molecule has 0 bridgehead atoms. The van der Waals surface area contributed by atoms with Crippen molar-refractivity contribution in [2.24, 2.45) is 5.73 Å². The Labute approximate surface area is 95.2 Å². The van der Waals surface area contributed by atoms with Crippen LogP contribution in [0.25, 0.3) is 0 Å². The fourth-order valence-electron chi connectivity index (χ4n) is 0.941. The van der Waals surface area contributed by atoms with Crippen LogP contribution in [0, 0.1) is 0 Å². The van der Waals surface area contributed by atoms with Crippen LogP contribution in [-0.2, 0) is 0 Å². The van der Waals surface area contributed by atoms with Gasteiger partial charge in [-0.2, -0.15) is 0 Å². The summed E-state index contributed by atoms with van der Waals surface area (Å²) >= 11 is 6.94. The summed E-state index contributed by atoms with van der Waals surface area (Å²) in [6.07, 6.45) is 0. The summed E-state index contributed by atoms with van der Waals surface area (Å²) in [5.41, 5.74) is 6.58. The summed E-state index contributed by atoms with van der Waals surface area (Å²) in [6, 6.07) is 6.24. The number of nitrogens with one attached hydrogen (secondary N) is 1. The van der Waals surface area contributed by atoms with Crippen LogP contribution in [0.4, 0.5) is 5.69 Å². The molecule has 0 spiro atoms. The van der Waals surface area contributed by atoms with E-state index < -0.39 is 0 Å². The quantitative estimate of drug-likeness (QED) is 0.901. The fourth-order valence-corrected chi connectivity index (χ4v) is 2.17. The second-order valence-corrected chi connectivity index (χ2v) is 4.59. The number of para-hydroxylation sites is 1. The molecule has 1 aromatic rings. The molecule has 0 aliphatic rings. The van der Waals surface area contributed by atoms with Crippen molar-refractivity contribution in [2.45, 2.75) is 13.0 Å². The van der Waals surface area contributed by atoms with Crippen molar-refractivity contribution < 1.29 is 0 Å². The first-order chi connectivity index (χ1) is 6.15. The third kappa shape index (κ3) is 2.97. The van der Waals surface area contributed by atoms with Crippen molar-refractivity contribution in [1.29, 1.82) is 0 Å². The number of rotatable bonds is 3. The van der Waals surface area contributed by atoms with Crippen LogP contribution in [0.2, 0.25) is 0 Å². The van der Waals surface area contributed by atoms with Gasteiger partial charge in [0.25, 0.3) is 0 Å². The number of anilines is 1. The van der Waals surface area contributed by atoms with Gasteiger partial charge in [0.2, 0.25) is 0 Å². The van der Waals surface area contributed by atoms with Gasteiger partial charge in [-0.3, -0.25) is 0 Å². The molecule has 0 aliphatic carbocycles. The van der Waals surface area contributed by atoms with Gasteiger partial charge in [-0.1, -0.05) is 6.07 Å². The lowest BCUT2D eigenvalue weighted by Crippen LogP contribution is -2.25. The average Bonchev–Trinajstić information content (AvgIpc) is 2.11. The van der Waals surface area contributed by atoms with Gasteiger partial charge >= 0.3 is 0 Å². The third-order valence-corrected chi connectivity index (χ3v) is 3.03. The van der Waals surface area contributed by atoms with Crippen molar-refractivity contribution >= 4 is 37.5 Å². The fraction of sp³-hybridized carbons (Fsp3) is 0.333. The number of hydrogen-bond donors (Lipinski definition) is 2. The van der Waals surface area contributed by atoms with Gasteiger partial charge in [0, 0.05) is 21.5 Å². The molecular weight excluding hydrogens is 296 g/mol. The van der Waals surface area contributed by atoms with E-state index >= 15 is 0 Å². The van der Waals surface area contributed by atoms with E-state index in [-0.39, 0.29) is 6.04 Å². The monoisotopic (exact) mass is 306 g/mol. The normalized spacial score (nSPS) is 12.6. The van der Waals surface area contributed by atoms with Gasteiger partial charge in [0.15, 0.2) is 0 Å². The minimum absolute atomic E-state index is 0.273. The van der Waals surface area contributed by atoms with E-state index in [1.165, 1.54) is 0 Å². The molecular formula is C9H12Br2N2. The standard InChI is InChI=1S/C9H12Br2N2/c1-6(5-12)13-9-7(10)3-2-4-8(9)11/h2-4,6,13H,5,12H2,1H3. The predicted molar refractivity (Wildman–Crippen MR) is 64.0 cm³/mol. The van der Waals surface area contributed by atoms with Gasteiger partial charge in [-0.05, 0) is 50.9 Å². The minimum atomic E-state index is 0.273. The SMILES string of the molecule is CC(CN)Nc1c(Br)cccc1Br. The van der Waals surface area contributed by atoms with Crippen LogP contribution < -0.4 is 11.1 Å². The van der Waals surface area contributed by atoms with Gasteiger partial charge in [0.05, 0.1) is 5.69 Å². The highest BCUT2D eigenvalue weighted by Gasteiger charge is 2.06. The van der Waals surface area contributed by atoms with E-state index in [4.69, 9.17) is 5.73 Å². The van der Waals surface area contributed by atoms with E-state index in [1.807, 2.05) is 25.1 Å². The Balaban J connectivity index is 2.87. The van der Waals surface area contributed by atoms with E-state index in [2.05, 4.69) is 37.2 Å². The van der Waals surface area contributed by atoms with Gasteiger partial charge in [-0.15, -0.1) is 0 Å². The van der Waals surface area contributed by atoms with Gasteiger partial charge in [-0.25, -0.2) is 0 Å². The molecule has 0 heterocycles. The Morgan fingerprint density at radius 1 is 1.38 bits per heavy atom. The summed E-state index contributed by atoms with van der Waals surface area (Å²) < 4.78 is 2.09. The number of halogens is 2. The molecule has 0 amide bonds. The van der Waals surface area contributed by atoms with Crippen LogP contribution in [0.15, 0.2) is 27.1 Å². The number of hydrogen-bond acceptors (Lipinski definition) is 2. The lowest BCUT2D eigenvalue weighted by atomic mass is 10.2. The maximum atomic E-state index is 5.53. The molecule has 2 nitrogen and oxygen atoms in total. The highest BCUT2D eigenvalue weighted by atomic mass is 79.9. The van der Waals surface area contributed by atoms with Crippen molar-refractivity contribution in [3.8, 4) is 0 Å². The Morgan fingerprint density at radius 2 is 1.92 bits per heavy atom. The molecule has 4 heteroatoms. The summed E-state index contributed by atoms with van der Waals surface area (Å²) in [5.74, 6) is 0. The molecule has 1 unspecified atom stereocenters. The van der Waals surface area contributed by atoms with Crippen molar-refractivity contribution in [3.63, 3.8) is 0 Å². The average molecular weight is 308 g/mol. The molecule has 72 valence electrons. The maximum absolute atomic E-state index is 5.53. The van der Waals surface area contributed by atoms with E-state index in [0.29, 0.717) is 6.54 Å². The maximum Gasteiger partial charge on any atom is 0.0631 e. The molecule has 0 aliphatic heterocycles. The van der Waals surface area contributed by atoms with Crippen LogP contribution in [0.3, 0.4) is 0 Å². The molecule has 3 N–H and O–H groups in total. The molecule has 13 heavy (non-hydrogen) atoms. The van der Waals surface area contributed by atoms with E-state index in [1.54, 1.807) is 0 Å². The van der Waals surface area contributed by atoms with Crippen LogP contribution in [0.1, 0.15) is 6.92 Å². The van der Waals surface area contributed by atoms with Gasteiger partial charge < -0.3 is 11.1 Å². The zero-order chi connectivity index (χ0) is 9.84. The molecule has 0 saturated heterocycles. The molecule has 1 aromatic carbocycles. The number of nitrogens with two attached hydrogens (primary N) is 1. The van der Waals surface area contributed by atoms with Crippen LogP contribution in [0.5, 0.6) is 0 Å². The minimum Gasteiger partial charge on any atom is -0.379 e. The topological polar surface area (TPSA) is 38.0 Å². The molecule has 0 fully saturated rings. The Kier molecular flexibility index (Phi) is 4.22. The lowest BCUT2D eigenvalue weighted by Gasteiger charge is -2.15. The molecule has 1 rings (SSSR count). The summed E-state index contributed by atoms with van der Waals surface area (Å²) in [5, 5.41) is 3.31. The third-order valence-electron chi connectivity index (χ3n) is 1.71. The Hall–Kier alpha value is -0.0600. The van der Waals surface area contributed by atoms with E-state index in [0.717, 1.165) is 14.6 Å². The highest BCUT2D eigenvalue weighted by Crippen LogP contribution is 2.30. The zero-order valence-electron chi connectivity index (χ0n) is 7.35. The lowest BCUT2D eigenvalue weighted by molar-refractivity contribution is 0.802. The van der Waals surface area contributed by atoms with Crippen LogP contribution >= 0.6 is 31.9 Å². The molecule has 0 saturated carbocycles. The predicted octanol–water partition coefficient (Wildman–Crippen LogP) is 2.97. The van der Waals surface area contributed by atoms with Gasteiger partial charge in [0.1, 0.15) is 0 Å². The highest BCUT2D eigenvalue weighted by molar-refractivity contribution is 9.11. The molecule has 0 radical (unpaired) electrons. The van der Waals surface area contributed by atoms with Crippen LogP contribution in [-0.4, -0.2) is 12.6 Å². The largest absolute Gasteiger partial charge is 0.379 e. The van der Waals surface area contributed by atoms with Crippen molar-refractivity contribution in [2.75, 3.05) is 11.9 Å². The second kappa shape index (κ2) is 4.98. The van der Waals surface area contributed by atoms with E-state index in [9.17, 15) is 0 Å². The Morgan fingerprint density at radius 3 is 2.38 bits per heavy atom. The van der Waals surface area contributed by atoms with Crippen molar-refractivity contribution in [1.82, 2.24) is 0 Å². The van der Waals surface area contributed by atoms with Crippen molar-refractivity contribution in [3.05, 3.63) is 27.1 Å². The second-order valence-electron chi connectivity index (χ2n) is 2.88. The zero-order valence-corrected chi connectivity index (χ0v) is 10.5. The summed E-state index contributed by atoms with van der Waals surface area (Å²) in [4.78, 5) is 0. The molecule has 0 aromatic heterocycles. The smallest absolute Gasteiger partial charge is 0.0631 e. The Bertz CT molecular complexity index is 269. The summed E-state index contributed by atoms with van der Waals surface area (Å²) in [7, 11) is 0. The molecule has 1 atom stereocenters. The first-order valence-corrected chi connectivity index (χ1v) is 5.64. The first-order valence-electron chi connectivity index (χ1n) is 4.05. The number of benzene rings is 1.